The zero-order chi connectivity index (χ0) is 24.6. The van der Waals surface area contributed by atoms with Gasteiger partial charge in [0, 0.05) is 25.2 Å². The SMILES string of the molecule is CC(C)(C)c1ccc(NC(=O)[C@H](Cc2ccc(CN)cc2)NC(=O)NCc2ccccc2)cc1. The van der Waals surface area contributed by atoms with Crippen LogP contribution < -0.4 is 21.7 Å². The van der Waals surface area contributed by atoms with E-state index in [-0.39, 0.29) is 11.3 Å². The number of benzene rings is 3. The second-order valence-electron chi connectivity index (χ2n) is 9.41. The molecule has 0 unspecified atom stereocenters. The molecule has 34 heavy (non-hydrogen) atoms. The standard InChI is InChI=1S/C28H34N4O2/c1-28(2,3)23-13-15-24(16-14-23)31-26(33)25(17-20-9-11-21(18-29)12-10-20)32-27(34)30-19-22-7-5-4-6-8-22/h4-16,25H,17-19,29H2,1-3H3,(H,31,33)(H2,30,32,34)/t25-/m0/s1. The first-order valence-corrected chi connectivity index (χ1v) is 11.5. The molecule has 6 heteroatoms. The predicted octanol–water partition coefficient (Wildman–Crippen LogP) is 4.49. The molecule has 0 aliphatic rings. The fraction of sp³-hybridized carbons (Fsp3) is 0.286. The third-order valence-corrected chi connectivity index (χ3v) is 5.63. The molecule has 3 aromatic carbocycles. The Bertz CT molecular complexity index is 1070. The van der Waals surface area contributed by atoms with Gasteiger partial charge in [0.05, 0.1) is 0 Å². The van der Waals surface area contributed by atoms with E-state index in [9.17, 15) is 9.59 Å². The van der Waals surface area contributed by atoms with Crippen LogP contribution in [-0.2, 0) is 29.7 Å². The summed E-state index contributed by atoms with van der Waals surface area (Å²) in [5, 5.41) is 8.60. The Labute approximate surface area is 202 Å². The minimum absolute atomic E-state index is 0.0269. The predicted molar refractivity (Wildman–Crippen MR) is 137 cm³/mol. The van der Waals surface area contributed by atoms with Crippen molar-refractivity contribution in [1.82, 2.24) is 10.6 Å². The van der Waals surface area contributed by atoms with Crippen molar-refractivity contribution in [2.45, 2.75) is 51.7 Å². The van der Waals surface area contributed by atoms with Crippen LogP contribution in [0.2, 0.25) is 0 Å². The van der Waals surface area contributed by atoms with Crippen LogP contribution in [0.3, 0.4) is 0 Å². The fourth-order valence-corrected chi connectivity index (χ4v) is 3.53. The zero-order valence-electron chi connectivity index (χ0n) is 20.1. The summed E-state index contributed by atoms with van der Waals surface area (Å²) in [6.45, 7) is 7.26. The first kappa shape index (κ1) is 25.0. The number of carbonyl (C=O) groups excluding carboxylic acids is 2. The largest absolute Gasteiger partial charge is 0.334 e. The van der Waals surface area contributed by atoms with E-state index in [1.807, 2.05) is 78.9 Å². The van der Waals surface area contributed by atoms with Gasteiger partial charge in [-0.25, -0.2) is 4.79 Å². The summed E-state index contributed by atoms with van der Waals surface area (Å²) in [4.78, 5) is 25.8. The van der Waals surface area contributed by atoms with E-state index in [2.05, 4.69) is 36.7 Å². The van der Waals surface area contributed by atoms with Crippen molar-refractivity contribution in [2.75, 3.05) is 5.32 Å². The van der Waals surface area contributed by atoms with Crippen molar-refractivity contribution < 1.29 is 9.59 Å². The number of hydrogen-bond donors (Lipinski definition) is 4. The van der Waals surface area contributed by atoms with Crippen molar-refractivity contribution >= 4 is 17.6 Å². The lowest BCUT2D eigenvalue weighted by atomic mass is 9.87. The average molecular weight is 459 g/mol. The van der Waals surface area contributed by atoms with Gasteiger partial charge in [-0.2, -0.15) is 0 Å². The maximum atomic E-state index is 13.2. The number of anilines is 1. The summed E-state index contributed by atoms with van der Waals surface area (Å²) >= 11 is 0. The lowest BCUT2D eigenvalue weighted by molar-refractivity contribution is -0.117. The Morgan fingerprint density at radius 2 is 1.44 bits per heavy atom. The van der Waals surface area contributed by atoms with E-state index < -0.39 is 12.1 Å². The summed E-state index contributed by atoms with van der Waals surface area (Å²) in [6, 6.07) is 24.0. The topological polar surface area (TPSA) is 96.2 Å². The van der Waals surface area contributed by atoms with Crippen LogP contribution in [0.15, 0.2) is 78.9 Å². The van der Waals surface area contributed by atoms with Crippen LogP contribution in [0.1, 0.15) is 43.0 Å². The fourth-order valence-electron chi connectivity index (χ4n) is 3.53. The van der Waals surface area contributed by atoms with E-state index in [4.69, 9.17) is 5.73 Å². The molecule has 0 spiro atoms. The van der Waals surface area contributed by atoms with Crippen LogP contribution in [0, 0.1) is 0 Å². The van der Waals surface area contributed by atoms with Gasteiger partial charge < -0.3 is 21.7 Å². The summed E-state index contributed by atoms with van der Waals surface area (Å²) in [5.41, 5.74) is 10.5. The van der Waals surface area contributed by atoms with Crippen molar-refractivity contribution in [1.29, 1.82) is 0 Å². The third-order valence-electron chi connectivity index (χ3n) is 5.63. The normalized spacial score (nSPS) is 12.0. The van der Waals surface area contributed by atoms with Gasteiger partial charge in [0.15, 0.2) is 0 Å². The molecule has 0 fully saturated rings. The van der Waals surface area contributed by atoms with Crippen LogP contribution in [0.5, 0.6) is 0 Å². The van der Waals surface area contributed by atoms with Gasteiger partial charge in [-0.1, -0.05) is 87.5 Å². The Morgan fingerprint density at radius 3 is 2.03 bits per heavy atom. The maximum absolute atomic E-state index is 13.2. The first-order chi connectivity index (χ1) is 16.2. The Kier molecular flexibility index (Phi) is 8.44. The van der Waals surface area contributed by atoms with Crippen LogP contribution in [-0.4, -0.2) is 18.0 Å². The molecule has 178 valence electrons. The summed E-state index contributed by atoms with van der Waals surface area (Å²) in [7, 11) is 0. The van der Waals surface area contributed by atoms with Gasteiger partial charge in [0.1, 0.15) is 6.04 Å². The van der Waals surface area contributed by atoms with Gasteiger partial charge in [-0.3, -0.25) is 4.79 Å². The summed E-state index contributed by atoms with van der Waals surface area (Å²) < 4.78 is 0. The molecule has 0 aliphatic heterocycles. The highest BCUT2D eigenvalue weighted by atomic mass is 16.2. The van der Waals surface area contributed by atoms with Crippen molar-refractivity contribution in [3.63, 3.8) is 0 Å². The molecule has 1 atom stereocenters. The zero-order valence-corrected chi connectivity index (χ0v) is 20.1. The van der Waals surface area contributed by atoms with Gasteiger partial charge in [-0.05, 0) is 39.8 Å². The molecule has 6 nitrogen and oxygen atoms in total. The van der Waals surface area contributed by atoms with E-state index in [0.717, 1.165) is 16.7 Å². The lowest BCUT2D eigenvalue weighted by Crippen LogP contribution is -2.49. The summed E-state index contributed by atoms with van der Waals surface area (Å²) in [5.74, 6) is -0.277. The third kappa shape index (κ3) is 7.46. The molecule has 0 saturated heterocycles. The van der Waals surface area contributed by atoms with E-state index >= 15 is 0 Å². The Balaban J connectivity index is 1.70. The Morgan fingerprint density at radius 1 is 0.824 bits per heavy atom. The lowest BCUT2D eigenvalue weighted by Gasteiger charge is -2.21. The van der Waals surface area contributed by atoms with Gasteiger partial charge in [0.25, 0.3) is 0 Å². The minimum atomic E-state index is -0.748. The number of nitrogens with one attached hydrogen (secondary N) is 3. The van der Waals surface area contributed by atoms with Gasteiger partial charge in [-0.15, -0.1) is 0 Å². The highest BCUT2D eigenvalue weighted by Gasteiger charge is 2.22. The van der Waals surface area contributed by atoms with Crippen LogP contribution in [0.25, 0.3) is 0 Å². The molecule has 5 N–H and O–H groups in total. The number of nitrogens with two attached hydrogens (primary N) is 1. The highest BCUT2D eigenvalue weighted by molar-refractivity contribution is 5.97. The second kappa shape index (κ2) is 11.5. The van der Waals surface area contributed by atoms with Crippen molar-refractivity contribution in [3.8, 4) is 0 Å². The highest BCUT2D eigenvalue weighted by Crippen LogP contribution is 2.23. The summed E-state index contributed by atoms with van der Waals surface area (Å²) in [6.07, 6.45) is 0.357. The minimum Gasteiger partial charge on any atom is -0.334 e. The van der Waals surface area contributed by atoms with Crippen LogP contribution in [0.4, 0.5) is 10.5 Å². The number of hydrogen-bond acceptors (Lipinski definition) is 3. The second-order valence-corrected chi connectivity index (χ2v) is 9.41. The number of amides is 3. The van der Waals surface area contributed by atoms with Gasteiger partial charge >= 0.3 is 6.03 Å². The molecule has 3 aromatic rings. The molecular formula is C28H34N4O2. The number of rotatable bonds is 8. The number of urea groups is 1. The molecule has 3 rings (SSSR count). The molecule has 0 saturated carbocycles. The Hall–Kier alpha value is -3.64. The molecule has 0 radical (unpaired) electrons. The molecule has 0 aromatic heterocycles. The van der Waals surface area contributed by atoms with E-state index in [1.54, 1.807) is 0 Å². The number of carbonyl (C=O) groups is 2. The molecule has 0 bridgehead atoms. The molecule has 0 heterocycles. The smallest absolute Gasteiger partial charge is 0.315 e. The van der Waals surface area contributed by atoms with E-state index in [0.29, 0.717) is 25.2 Å². The quantitative estimate of drug-likeness (QED) is 0.400. The monoisotopic (exact) mass is 458 g/mol. The molecule has 3 amide bonds. The van der Waals surface area contributed by atoms with Crippen LogP contribution >= 0.6 is 0 Å². The van der Waals surface area contributed by atoms with E-state index in [1.165, 1.54) is 5.56 Å². The van der Waals surface area contributed by atoms with Gasteiger partial charge in [0.2, 0.25) is 5.91 Å². The maximum Gasteiger partial charge on any atom is 0.315 e. The first-order valence-electron chi connectivity index (χ1n) is 11.5. The van der Waals surface area contributed by atoms with Crippen molar-refractivity contribution in [3.05, 3.63) is 101 Å². The molecule has 0 aliphatic carbocycles. The molecular weight excluding hydrogens is 424 g/mol. The average Bonchev–Trinajstić information content (AvgIpc) is 2.83. The van der Waals surface area contributed by atoms with Crippen molar-refractivity contribution in [2.24, 2.45) is 5.73 Å².